The van der Waals surface area contributed by atoms with Crippen LogP contribution >= 0.6 is 0 Å². The first-order chi connectivity index (χ1) is 20.1. The van der Waals surface area contributed by atoms with Crippen LogP contribution in [0.25, 0.3) is 21.8 Å². The lowest BCUT2D eigenvalue weighted by molar-refractivity contribution is -0.383. The average molecular weight is 579 g/mol. The number of aryl methyl sites for hydroxylation is 1. The first-order valence-electron chi connectivity index (χ1n) is 14.3. The lowest BCUT2D eigenvalue weighted by Gasteiger charge is -2.11. The van der Waals surface area contributed by atoms with Gasteiger partial charge >= 0.3 is 5.97 Å². The SMILES string of the molecule is CCO/N=C(\CC)C(=O)c1cc([N+](=O)[O-])c2c(c1)c1cc(C(=O)/C(CC)=N/OC(C)=O)ccc1n2CCCC(C)CC. The zero-order valence-electron chi connectivity index (χ0n) is 25.1. The number of nitrogens with zero attached hydrogens (tertiary/aromatic N) is 4. The predicted molar refractivity (Wildman–Crippen MR) is 162 cm³/mol. The molecule has 0 spiro atoms. The molecule has 1 aromatic heterocycles. The minimum atomic E-state index is -0.645. The standard InChI is InChI=1S/C31H38N4O7/c1-7-19(5)12-11-15-34-27-14-13-21(30(37)26(9-3)33-42-20(6)36)16-23(27)24-17-22(18-28(29(24)34)35(39)40)31(38)25(8-2)32-41-10-4/h13-14,16-19H,7-12,15H2,1-6H3/b32-25+,33-26+. The van der Waals surface area contributed by atoms with E-state index in [-0.39, 0.29) is 47.7 Å². The lowest BCUT2D eigenvalue weighted by atomic mass is 9.99. The second-order valence-electron chi connectivity index (χ2n) is 10.1. The summed E-state index contributed by atoms with van der Waals surface area (Å²) in [6, 6.07) is 7.95. The summed E-state index contributed by atoms with van der Waals surface area (Å²) in [7, 11) is 0. The molecule has 0 aliphatic heterocycles. The molecular formula is C31H38N4O7. The Bertz CT molecular complexity index is 1570. The first-order valence-corrected chi connectivity index (χ1v) is 14.3. The number of rotatable bonds is 15. The molecule has 0 saturated heterocycles. The van der Waals surface area contributed by atoms with Gasteiger partial charge in [0.25, 0.3) is 5.69 Å². The Morgan fingerprint density at radius 2 is 1.60 bits per heavy atom. The average Bonchev–Trinajstić information content (AvgIpc) is 3.29. The van der Waals surface area contributed by atoms with Crippen molar-refractivity contribution in [1.82, 2.24) is 4.57 Å². The third-order valence-electron chi connectivity index (χ3n) is 7.22. The number of hydrogen-bond donors (Lipinski definition) is 0. The maximum absolute atomic E-state index is 13.4. The quantitative estimate of drug-likeness (QED) is 0.0619. The Balaban J connectivity index is 2.31. The number of oxime groups is 2. The molecule has 1 unspecified atom stereocenters. The molecule has 0 bridgehead atoms. The summed E-state index contributed by atoms with van der Waals surface area (Å²) in [6.45, 7) is 11.5. The van der Waals surface area contributed by atoms with Gasteiger partial charge in [0.2, 0.25) is 11.6 Å². The van der Waals surface area contributed by atoms with Gasteiger partial charge < -0.3 is 14.2 Å². The van der Waals surface area contributed by atoms with Gasteiger partial charge in [0, 0.05) is 47.0 Å². The van der Waals surface area contributed by atoms with Crippen molar-refractivity contribution in [2.45, 2.75) is 80.2 Å². The number of hydrogen-bond acceptors (Lipinski definition) is 9. The molecule has 42 heavy (non-hydrogen) atoms. The van der Waals surface area contributed by atoms with Crippen LogP contribution in [0.3, 0.4) is 0 Å². The normalized spacial score (nSPS) is 12.9. The van der Waals surface area contributed by atoms with Crippen LogP contribution in [0.4, 0.5) is 5.69 Å². The van der Waals surface area contributed by atoms with E-state index in [9.17, 15) is 24.5 Å². The fraction of sp³-hybridized carbons (Fsp3) is 0.452. The van der Waals surface area contributed by atoms with E-state index in [2.05, 4.69) is 24.2 Å². The molecule has 0 fully saturated rings. The van der Waals surface area contributed by atoms with Crippen molar-refractivity contribution in [3.05, 3.63) is 51.6 Å². The third kappa shape index (κ3) is 7.07. The van der Waals surface area contributed by atoms with Crippen LogP contribution in [-0.4, -0.2) is 45.1 Å². The van der Waals surface area contributed by atoms with E-state index in [1.54, 1.807) is 45.0 Å². The van der Waals surface area contributed by atoms with Crippen LogP contribution in [-0.2, 0) is 21.0 Å². The molecule has 0 aliphatic carbocycles. The van der Waals surface area contributed by atoms with Crippen LogP contribution in [0.1, 0.15) is 94.4 Å². The highest BCUT2D eigenvalue weighted by atomic mass is 16.7. The van der Waals surface area contributed by atoms with Gasteiger partial charge in [0.1, 0.15) is 23.5 Å². The molecule has 2 aromatic carbocycles. The van der Waals surface area contributed by atoms with Gasteiger partial charge in [0.15, 0.2) is 0 Å². The summed E-state index contributed by atoms with van der Waals surface area (Å²) in [5, 5.41) is 21.1. The summed E-state index contributed by atoms with van der Waals surface area (Å²) >= 11 is 0. The van der Waals surface area contributed by atoms with Crippen LogP contribution < -0.4 is 0 Å². The van der Waals surface area contributed by atoms with E-state index < -0.39 is 22.5 Å². The molecule has 11 heteroatoms. The number of fused-ring (bicyclic) bond motifs is 3. The Kier molecular flexibility index (Phi) is 11.1. The zero-order chi connectivity index (χ0) is 31.0. The smallest absolute Gasteiger partial charge is 0.331 e. The monoisotopic (exact) mass is 578 g/mol. The number of carbonyl (C=O) groups is 3. The molecule has 1 heterocycles. The molecule has 3 aromatic rings. The molecule has 1 atom stereocenters. The van der Waals surface area contributed by atoms with Crippen molar-refractivity contribution in [1.29, 1.82) is 0 Å². The van der Waals surface area contributed by atoms with Crippen LogP contribution in [0.2, 0.25) is 0 Å². The minimum absolute atomic E-state index is 0.0587. The van der Waals surface area contributed by atoms with E-state index in [4.69, 9.17) is 9.68 Å². The van der Waals surface area contributed by atoms with Crippen LogP contribution in [0.5, 0.6) is 0 Å². The minimum Gasteiger partial charge on any atom is -0.396 e. The van der Waals surface area contributed by atoms with E-state index >= 15 is 0 Å². The zero-order valence-corrected chi connectivity index (χ0v) is 25.1. The van der Waals surface area contributed by atoms with Gasteiger partial charge in [0.05, 0.1) is 4.92 Å². The van der Waals surface area contributed by atoms with Gasteiger partial charge in [-0.25, -0.2) is 4.79 Å². The Labute approximate surface area is 244 Å². The number of non-ortho nitro benzene ring substituents is 1. The van der Waals surface area contributed by atoms with Crippen molar-refractivity contribution in [2.75, 3.05) is 6.61 Å². The molecule has 11 nitrogen and oxygen atoms in total. The van der Waals surface area contributed by atoms with Crippen molar-refractivity contribution in [3.8, 4) is 0 Å². The Hall–Kier alpha value is -4.41. The Morgan fingerprint density at radius 3 is 2.19 bits per heavy atom. The number of carbonyl (C=O) groups excluding carboxylic acids is 3. The van der Waals surface area contributed by atoms with Crippen molar-refractivity contribution < 1.29 is 29.0 Å². The van der Waals surface area contributed by atoms with Crippen molar-refractivity contribution >= 4 is 56.5 Å². The fourth-order valence-corrected chi connectivity index (χ4v) is 4.79. The van der Waals surface area contributed by atoms with Gasteiger partial charge in [-0.1, -0.05) is 44.4 Å². The predicted octanol–water partition coefficient (Wildman–Crippen LogP) is 7.03. The molecule has 0 aliphatic rings. The summed E-state index contributed by atoms with van der Waals surface area (Å²) in [5.74, 6) is -1.05. The third-order valence-corrected chi connectivity index (χ3v) is 7.22. The van der Waals surface area contributed by atoms with Crippen LogP contribution in [0.15, 0.2) is 40.6 Å². The fourth-order valence-electron chi connectivity index (χ4n) is 4.79. The Morgan fingerprint density at radius 1 is 0.952 bits per heavy atom. The van der Waals surface area contributed by atoms with E-state index in [1.807, 2.05) is 4.57 Å². The topological polar surface area (TPSA) is 142 Å². The van der Waals surface area contributed by atoms with Crippen LogP contribution in [0, 0.1) is 16.0 Å². The van der Waals surface area contributed by atoms with E-state index in [0.29, 0.717) is 34.3 Å². The number of aromatic nitrogens is 1. The maximum atomic E-state index is 13.4. The van der Waals surface area contributed by atoms with Crippen molar-refractivity contribution in [3.63, 3.8) is 0 Å². The van der Waals surface area contributed by atoms with E-state index in [0.717, 1.165) is 19.3 Å². The molecule has 224 valence electrons. The van der Waals surface area contributed by atoms with Gasteiger partial charge in [-0.15, -0.1) is 0 Å². The molecule has 0 amide bonds. The lowest BCUT2D eigenvalue weighted by Crippen LogP contribution is -2.15. The summed E-state index contributed by atoms with van der Waals surface area (Å²) in [5.41, 5.74) is 1.46. The highest BCUT2D eigenvalue weighted by molar-refractivity contribution is 6.47. The molecule has 0 radical (unpaired) electrons. The largest absolute Gasteiger partial charge is 0.396 e. The number of benzene rings is 2. The number of nitro benzene ring substituents is 1. The molecule has 0 saturated carbocycles. The van der Waals surface area contributed by atoms with Gasteiger partial charge in [-0.3, -0.25) is 19.7 Å². The summed E-state index contributed by atoms with van der Waals surface area (Å²) in [6.07, 6.45) is 3.27. The first kappa shape index (κ1) is 32.1. The highest BCUT2D eigenvalue weighted by Crippen LogP contribution is 2.37. The van der Waals surface area contributed by atoms with E-state index in [1.165, 1.54) is 13.0 Å². The molecular weight excluding hydrogens is 540 g/mol. The second-order valence-corrected chi connectivity index (χ2v) is 10.1. The second kappa shape index (κ2) is 14.5. The maximum Gasteiger partial charge on any atom is 0.331 e. The number of Topliss-reactive ketones (excluding diaryl/α,β-unsaturated/α-hetero) is 2. The van der Waals surface area contributed by atoms with Gasteiger partial charge in [-0.05, 0) is 62.8 Å². The molecule has 0 N–H and O–H groups in total. The summed E-state index contributed by atoms with van der Waals surface area (Å²) in [4.78, 5) is 59.7. The summed E-state index contributed by atoms with van der Waals surface area (Å²) < 4.78 is 1.90. The number of ketones is 2. The highest BCUT2D eigenvalue weighted by Gasteiger charge is 2.26. The molecule has 3 rings (SSSR count). The van der Waals surface area contributed by atoms with Gasteiger partial charge in [-0.2, -0.15) is 0 Å². The van der Waals surface area contributed by atoms with Crippen molar-refractivity contribution in [2.24, 2.45) is 16.2 Å². The number of nitro groups is 1.